The molecule has 2 nitrogen and oxygen atoms in total. The minimum absolute atomic E-state index is 0.656. The molecule has 0 unspecified atom stereocenters. The third kappa shape index (κ3) is 1.21. The minimum atomic E-state index is 0.656. The first-order valence-electron chi connectivity index (χ1n) is 4.14. The van der Waals surface area contributed by atoms with Crippen molar-refractivity contribution in [1.29, 1.82) is 5.26 Å². The van der Waals surface area contributed by atoms with E-state index in [4.69, 9.17) is 5.26 Å². The summed E-state index contributed by atoms with van der Waals surface area (Å²) in [6.07, 6.45) is 0.820. The van der Waals surface area contributed by atoms with Crippen molar-refractivity contribution in [2.45, 2.75) is 6.92 Å². The SMILES string of the molecule is Cc1sc2cc(C=O)ccc2c1C#N. The summed E-state index contributed by atoms with van der Waals surface area (Å²) in [6, 6.07) is 7.57. The van der Waals surface area contributed by atoms with E-state index in [1.54, 1.807) is 17.4 Å². The predicted molar refractivity (Wildman–Crippen MR) is 56.7 cm³/mol. The summed E-state index contributed by atoms with van der Waals surface area (Å²) in [4.78, 5) is 11.6. The van der Waals surface area contributed by atoms with Gasteiger partial charge in [-0.2, -0.15) is 5.26 Å². The molecule has 0 N–H and O–H groups in total. The fourth-order valence-electron chi connectivity index (χ4n) is 1.45. The maximum Gasteiger partial charge on any atom is 0.150 e. The largest absolute Gasteiger partial charge is 0.298 e. The van der Waals surface area contributed by atoms with Gasteiger partial charge in [0, 0.05) is 20.5 Å². The molecule has 0 radical (unpaired) electrons. The first-order valence-corrected chi connectivity index (χ1v) is 4.96. The van der Waals surface area contributed by atoms with Gasteiger partial charge in [0.2, 0.25) is 0 Å². The Kier molecular flexibility index (Phi) is 2.06. The number of nitriles is 1. The third-order valence-electron chi connectivity index (χ3n) is 2.14. The number of fused-ring (bicyclic) bond motifs is 1. The van der Waals surface area contributed by atoms with Crippen molar-refractivity contribution >= 4 is 27.7 Å². The molecule has 0 saturated carbocycles. The molecule has 0 aliphatic carbocycles. The smallest absolute Gasteiger partial charge is 0.150 e. The van der Waals surface area contributed by atoms with E-state index >= 15 is 0 Å². The molecule has 1 heterocycles. The average Bonchev–Trinajstić information content (AvgIpc) is 2.51. The monoisotopic (exact) mass is 201 g/mol. The maximum absolute atomic E-state index is 10.6. The standard InChI is InChI=1S/C11H7NOS/c1-7-10(5-12)9-3-2-8(6-13)4-11(9)14-7/h2-4,6H,1H3. The summed E-state index contributed by atoms with van der Waals surface area (Å²) in [6.45, 7) is 1.92. The molecule has 0 atom stereocenters. The van der Waals surface area contributed by atoms with Gasteiger partial charge in [0.1, 0.15) is 12.4 Å². The summed E-state index contributed by atoms with van der Waals surface area (Å²) < 4.78 is 1.00. The summed E-state index contributed by atoms with van der Waals surface area (Å²) in [5, 5.41) is 9.86. The van der Waals surface area contributed by atoms with Gasteiger partial charge >= 0.3 is 0 Å². The summed E-state index contributed by atoms with van der Waals surface area (Å²) in [7, 11) is 0. The van der Waals surface area contributed by atoms with Crippen LogP contribution >= 0.6 is 11.3 Å². The lowest BCUT2D eigenvalue weighted by molar-refractivity contribution is 0.112. The predicted octanol–water partition coefficient (Wildman–Crippen LogP) is 2.89. The van der Waals surface area contributed by atoms with Gasteiger partial charge in [0.25, 0.3) is 0 Å². The van der Waals surface area contributed by atoms with Gasteiger partial charge < -0.3 is 0 Å². The number of hydrogen-bond donors (Lipinski definition) is 0. The molecule has 0 amide bonds. The normalized spacial score (nSPS) is 10.0. The van der Waals surface area contributed by atoms with E-state index in [9.17, 15) is 4.79 Å². The Labute approximate surface area is 85.4 Å². The van der Waals surface area contributed by atoms with E-state index in [1.807, 2.05) is 19.1 Å². The number of hydrogen-bond acceptors (Lipinski definition) is 3. The van der Waals surface area contributed by atoms with E-state index < -0.39 is 0 Å². The molecule has 0 saturated heterocycles. The van der Waals surface area contributed by atoms with Crippen LogP contribution < -0.4 is 0 Å². The second-order valence-corrected chi connectivity index (χ2v) is 4.27. The molecule has 0 bridgehead atoms. The van der Waals surface area contributed by atoms with Crippen molar-refractivity contribution in [1.82, 2.24) is 0 Å². The van der Waals surface area contributed by atoms with E-state index in [2.05, 4.69) is 6.07 Å². The molecule has 0 aliphatic rings. The fourth-order valence-corrected chi connectivity index (χ4v) is 2.51. The zero-order valence-electron chi connectivity index (χ0n) is 7.57. The number of aldehydes is 1. The topological polar surface area (TPSA) is 40.9 Å². The lowest BCUT2D eigenvalue weighted by Gasteiger charge is -1.91. The zero-order valence-corrected chi connectivity index (χ0v) is 8.39. The average molecular weight is 201 g/mol. The van der Waals surface area contributed by atoms with Crippen molar-refractivity contribution in [3.05, 3.63) is 34.2 Å². The molecule has 0 aliphatic heterocycles. The van der Waals surface area contributed by atoms with E-state index in [1.165, 1.54) is 0 Å². The minimum Gasteiger partial charge on any atom is -0.298 e. The van der Waals surface area contributed by atoms with E-state index in [-0.39, 0.29) is 0 Å². The molecule has 68 valence electrons. The van der Waals surface area contributed by atoms with Crippen molar-refractivity contribution in [2.75, 3.05) is 0 Å². The lowest BCUT2D eigenvalue weighted by atomic mass is 10.1. The molecule has 2 aromatic rings. The highest BCUT2D eigenvalue weighted by Crippen LogP contribution is 2.30. The quantitative estimate of drug-likeness (QED) is 0.665. The van der Waals surface area contributed by atoms with Crippen molar-refractivity contribution in [3.63, 3.8) is 0 Å². The molecule has 0 fully saturated rings. The first-order chi connectivity index (χ1) is 6.76. The summed E-state index contributed by atoms with van der Waals surface area (Å²) in [5.41, 5.74) is 1.38. The molecule has 1 aromatic carbocycles. The van der Waals surface area contributed by atoms with E-state index in [0.29, 0.717) is 5.56 Å². The number of carbonyl (C=O) groups excluding carboxylic acids is 1. The fraction of sp³-hybridized carbons (Fsp3) is 0.0909. The van der Waals surface area contributed by atoms with Crippen LogP contribution in [0.3, 0.4) is 0 Å². The Hall–Kier alpha value is -1.66. The van der Waals surface area contributed by atoms with Gasteiger partial charge in [-0.05, 0) is 13.0 Å². The Balaban J connectivity index is 2.82. The highest BCUT2D eigenvalue weighted by Gasteiger charge is 2.08. The molecule has 14 heavy (non-hydrogen) atoms. The second-order valence-electron chi connectivity index (χ2n) is 3.02. The molecular weight excluding hydrogens is 194 g/mol. The van der Waals surface area contributed by atoms with Gasteiger partial charge in [0.15, 0.2) is 0 Å². The molecular formula is C11H7NOS. The Morgan fingerprint density at radius 2 is 2.29 bits per heavy atom. The van der Waals surface area contributed by atoms with Crippen molar-refractivity contribution in [3.8, 4) is 6.07 Å². The van der Waals surface area contributed by atoms with Crippen LogP contribution in [0.5, 0.6) is 0 Å². The van der Waals surface area contributed by atoms with Crippen LogP contribution in [0.25, 0.3) is 10.1 Å². The number of thiophene rings is 1. The van der Waals surface area contributed by atoms with Gasteiger partial charge in [-0.25, -0.2) is 0 Å². The summed E-state index contributed by atoms with van der Waals surface area (Å²) >= 11 is 1.55. The van der Waals surface area contributed by atoms with Crippen molar-refractivity contribution in [2.24, 2.45) is 0 Å². The lowest BCUT2D eigenvalue weighted by Crippen LogP contribution is -1.78. The van der Waals surface area contributed by atoms with Gasteiger partial charge in [-0.15, -0.1) is 11.3 Å². The Bertz CT molecular complexity index is 548. The van der Waals surface area contributed by atoms with E-state index in [0.717, 1.165) is 26.8 Å². The Morgan fingerprint density at radius 3 is 2.93 bits per heavy atom. The van der Waals surface area contributed by atoms with Crippen LogP contribution in [-0.2, 0) is 0 Å². The second kappa shape index (κ2) is 3.24. The van der Waals surface area contributed by atoms with Gasteiger partial charge in [-0.1, -0.05) is 12.1 Å². The molecule has 1 aromatic heterocycles. The molecule has 0 spiro atoms. The van der Waals surface area contributed by atoms with Crippen LogP contribution in [0.1, 0.15) is 20.8 Å². The van der Waals surface area contributed by atoms with Crippen LogP contribution in [0, 0.1) is 18.3 Å². The van der Waals surface area contributed by atoms with Crippen molar-refractivity contribution < 1.29 is 4.79 Å². The van der Waals surface area contributed by atoms with Gasteiger partial charge in [0.05, 0.1) is 5.56 Å². The highest BCUT2D eigenvalue weighted by atomic mass is 32.1. The zero-order chi connectivity index (χ0) is 10.1. The highest BCUT2D eigenvalue weighted by molar-refractivity contribution is 7.19. The van der Waals surface area contributed by atoms with Crippen LogP contribution in [0.4, 0.5) is 0 Å². The first kappa shape index (κ1) is 8.92. The molecule has 2 rings (SSSR count). The third-order valence-corrected chi connectivity index (χ3v) is 3.21. The molecule has 3 heteroatoms. The van der Waals surface area contributed by atoms with Crippen LogP contribution in [0.2, 0.25) is 0 Å². The van der Waals surface area contributed by atoms with Crippen LogP contribution in [0.15, 0.2) is 18.2 Å². The maximum atomic E-state index is 10.6. The number of nitrogens with zero attached hydrogens (tertiary/aromatic N) is 1. The number of aryl methyl sites for hydroxylation is 1. The number of benzene rings is 1. The van der Waals surface area contributed by atoms with Gasteiger partial charge in [-0.3, -0.25) is 4.79 Å². The Morgan fingerprint density at radius 1 is 1.50 bits per heavy atom. The number of carbonyl (C=O) groups is 1. The van der Waals surface area contributed by atoms with Crippen LogP contribution in [-0.4, -0.2) is 6.29 Å². The number of rotatable bonds is 1. The summed E-state index contributed by atoms with van der Waals surface area (Å²) in [5.74, 6) is 0.